The summed E-state index contributed by atoms with van der Waals surface area (Å²) in [7, 11) is -0.109. The quantitative estimate of drug-likeness (QED) is 0.578. The number of hydrogen-bond acceptors (Lipinski definition) is 4. The third-order valence-corrected chi connectivity index (χ3v) is 9.08. The van der Waals surface area contributed by atoms with Crippen LogP contribution in [0.5, 0.6) is 0 Å². The van der Waals surface area contributed by atoms with Gasteiger partial charge in [-0.15, -0.1) is 0 Å². The van der Waals surface area contributed by atoms with E-state index in [0.29, 0.717) is 6.61 Å². The molecule has 1 N–H and O–H groups in total. The molecule has 0 radical (unpaired) electrons. The Labute approximate surface area is 123 Å². The SMILES string of the molecule is CNC(=O)OCCSCC(C)O[Si](C)(C)C(C)(C)C. The molecular weight excluding hydrogens is 278 g/mol. The van der Waals surface area contributed by atoms with E-state index in [0.717, 1.165) is 11.5 Å². The van der Waals surface area contributed by atoms with Crippen molar-refractivity contribution in [2.75, 3.05) is 25.2 Å². The predicted octanol–water partition coefficient (Wildman–Crippen LogP) is 3.49. The van der Waals surface area contributed by atoms with Crippen LogP contribution in [0.15, 0.2) is 0 Å². The summed E-state index contributed by atoms with van der Waals surface area (Å²) in [5, 5.41) is 2.67. The molecule has 0 saturated heterocycles. The average Bonchev–Trinajstić information content (AvgIpc) is 2.25. The lowest BCUT2D eigenvalue weighted by molar-refractivity contribution is 0.155. The van der Waals surface area contributed by atoms with Gasteiger partial charge in [-0.3, -0.25) is 0 Å². The number of rotatable bonds is 7. The Kier molecular flexibility index (Phi) is 8.08. The maximum absolute atomic E-state index is 10.8. The van der Waals surface area contributed by atoms with Crippen LogP contribution < -0.4 is 5.32 Å². The fourth-order valence-corrected chi connectivity index (χ4v) is 3.56. The van der Waals surface area contributed by atoms with Gasteiger partial charge in [-0.2, -0.15) is 11.8 Å². The standard InChI is InChI=1S/C13H29NO3SSi/c1-11(17-19(6,7)13(2,3)4)10-18-9-8-16-12(15)14-5/h11H,8-10H2,1-7H3,(H,14,15). The van der Waals surface area contributed by atoms with Crippen molar-refractivity contribution in [1.82, 2.24) is 5.32 Å². The molecule has 0 aromatic heterocycles. The second kappa shape index (κ2) is 8.17. The molecule has 0 aliphatic heterocycles. The van der Waals surface area contributed by atoms with Crippen LogP contribution in [-0.2, 0) is 9.16 Å². The minimum absolute atomic E-state index is 0.242. The zero-order chi connectivity index (χ0) is 15.1. The molecule has 0 spiro atoms. The highest BCUT2D eigenvalue weighted by Crippen LogP contribution is 2.37. The topological polar surface area (TPSA) is 47.6 Å². The maximum atomic E-state index is 10.8. The Bertz CT molecular complexity index is 280. The van der Waals surface area contributed by atoms with Gasteiger partial charge in [0.2, 0.25) is 0 Å². The molecule has 0 saturated carbocycles. The van der Waals surface area contributed by atoms with Gasteiger partial charge in [0, 0.05) is 18.6 Å². The zero-order valence-corrected chi connectivity index (χ0v) is 15.1. The van der Waals surface area contributed by atoms with Gasteiger partial charge in [-0.25, -0.2) is 4.79 Å². The average molecular weight is 308 g/mol. The minimum atomic E-state index is -1.67. The first-order valence-electron chi connectivity index (χ1n) is 6.70. The molecule has 0 aromatic carbocycles. The van der Waals surface area contributed by atoms with Crippen molar-refractivity contribution in [3.63, 3.8) is 0 Å². The van der Waals surface area contributed by atoms with Crippen molar-refractivity contribution in [2.24, 2.45) is 0 Å². The van der Waals surface area contributed by atoms with Gasteiger partial charge in [0.05, 0.1) is 6.10 Å². The molecule has 1 unspecified atom stereocenters. The van der Waals surface area contributed by atoms with Crippen molar-refractivity contribution in [2.45, 2.75) is 51.9 Å². The Hall–Kier alpha value is -0.203. The molecule has 1 amide bonds. The van der Waals surface area contributed by atoms with Gasteiger partial charge in [0.1, 0.15) is 6.61 Å². The molecule has 0 aliphatic carbocycles. The number of carbonyl (C=O) groups is 1. The van der Waals surface area contributed by atoms with Crippen LogP contribution >= 0.6 is 11.8 Å². The van der Waals surface area contributed by atoms with E-state index in [4.69, 9.17) is 9.16 Å². The first kappa shape index (κ1) is 18.8. The normalized spacial score (nSPS) is 14.1. The summed E-state index contributed by atoms with van der Waals surface area (Å²) >= 11 is 1.76. The van der Waals surface area contributed by atoms with Crippen molar-refractivity contribution in [3.05, 3.63) is 0 Å². The van der Waals surface area contributed by atoms with Crippen molar-refractivity contribution in [3.8, 4) is 0 Å². The van der Waals surface area contributed by atoms with Gasteiger partial charge in [0.25, 0.3) is 0 Å². The number of amides is 1. The van der Waals surface area contributed by atoms with E-state index in [2.05, 4.69) is 46.1 Å². The second-order valence-electron chi connectivity index (χ2n) is 6.15. The highest BCUT2D eigenvalue weighted by molar-refractivity contribution is 7.99. The van der Waals surface area contributed by atoms with Gasteiger partial charge >= 0.3 is 6.09 Å². The van der Waals surface area contributed by atoms with Crippen LogP contribution in [0.4, 0.5) is 4.79 Å². The van der Waals surface area contributed by atoms with E-state index in [-0.39, 0.29) is 17.2 Å². The van der Waals surface area contributed by atoms with Gasteiger partial charge in [-0.1, -0.05) is 20.8 Å². The highest BCUT2D eigenvalue weighted by atomic mass is 32.2. The molecular formula is C13H29NO3SSi. The molecule has 6 heteroatoms. The largest absolute Gasteiger partial charge is 0.449 e. The maximum Gasteiger partial charge on any atom is 0.406 e. The lowest BCUT2D eigenvalue weighted by atomic mass is 10.2. The van der Waals surface area contributed by atoms with Gasteiger partial charge in [0.15, 0.2) is 8.32 Å². The van der Waals surface area contributed by atoms with Gasteiger partial charge < -0.3 is 14.5 Å². The van der Waals surface area contributed by atoms with E-state index in [1.54, 1.807) is 18.8 Å². The van der Waals surface area contributed by atoms with Crippen LogP contribution in [0.3, 0.4) is 0 Å². The van der Waals surface area contributed by atoms with Crippen molar-refractivity contribution < 1.29 is 14.0 Å². The predicted molar refractivity (Wildman–Crippen MR) is 85.5 cm³/mol. The van der Waals surface area contributed by atoms with Crippen molar-refractivity contribution >= 4 is 26.2 Å². The van der Waals surface area contributed by atoms with E-state index in [1.807, 2.05) is 0 Å². The second-order valence-corrected chi connectivity index (χ2v) is 12.1. The Morgan fingerprint density at radius 2 is 1.95 bits per heavy atom. The number of carbonyl (C=O) groups excluding carboxylic acids is 1. The fourth-order valence-electron chi connectivity index (χ4n) is 1.23. The third-order valence-electron chi connectivity index (χ3n) is 3.32. The lowest BCUT2D eigenvalue weighted by Crippen LogP contribution is -2.43. The molecule has 1 atom stereocenters. The first-order chi connectivity index (χ1) is 8.60. The summed E-state index contributed by atoms with van der Waals surface area (Å²) in [6, 6.07) is 0. The van der Waals surface area contributed by atoms with Crippen LogP contribution in [-0.4, -0.2) is 45.7 Å². The lowest BCUT2D eigenvalue weighted by Gasteiger charge is -2.38. The number of alkyl carbamates (subject to hydrolysis) is 1. The number of thioether (sulfide) groups is 1. The molecule has 0 bridgehead atoms. The molecule has 0 fully saturated rings. The number of ether oxygens (including phenoxy) is 1. The summed E-state index contributed by atoms with van der Waals surface area (Å²) < 4.78 is 11.2. The Morgan fingerprint density at radius 3 is 2.42 bits per heavy atom. The number of hydrogen-bond donors (Lipinski definition) is 1. The molecule has 0 aromatic rings. The molecule has 0 heterocycles. The fraction of sp³-hybridized carbons (Fsp3) is 0.923. The van der Waals surface area contributed by atoms with Crippen LogP contribution in [0, 0.1) is 0 Å². The summed E-state index contributed by atoms with van der Waals surface area (Å²) in [5.41, 5.74) is 0. The molecule has 0 rings (SSSR count). The molecule has 19 heavy (non-hydrogen) atoms. The molecule has 114 valence electrons. The van der Waals surface area contributed by atoms with E-state index in [1.165, 1.54) is 0 Å². The molecule has 0 aliphatic rings. The van der Waals surface area contributed by atoms with Crippen LogP contribution in [0.25, 0.3) is 0 Å². The van der Waals surface area contributed by atoms with Crippen LogP contribution in [0.2, 0.25) is 18.1 Å². The molecule has 4 nitrogen and oxygen atoms in total. The van der Waals surface area contributed by atoms with Crippen molar-refractivity contribution in [1.29, 1.82) is 0 Å². The monoisotopic (exact) mass is 307 g/mol. The zero-order valence-electron chi connectivity index (χ0n) is 13.3. The van der Waals surface area contributed by atoms with Gasteiger partial charge in [-0.05, 0) is 25.1 Å². The van der Waals surface area contributed by atoms with E-state index < -0.39 is 8.32 Å². The summed E-state index contributed by atoms with van der Waals surface area (Å²) in [5.74, 6) is 1.74. The number of nitrogens with one attached hydrogen (secondary N) is 1. The third kappa shape index (κ3) is 7.84. The van der Waals surface area contributed by atoms with Crippen LogP contribution in [0.1, 0.15) is 27.7 Å². The minimum Gasteiger partial charge on any atom is -0.449 e. The highest BCUT2D eigenvalue weighted by Gasteiger charge is 2.38. The Morgan fingerprint density at radius 1 is 1.37 bits per heavy atom. The Balaban J connectivity index is 3.82. The smallest absolute Gasteiger partial charge is 0.406 e. The van der Waals surface area contributed by atoms with E-state index in [9.17, 15) is 4.79 Å². The summed E-state index contributed by atoms with van der Waals surface area (Å²) in [6.45, 7) is 13.8. The van der Waals surface area contributed by atoms with E-state index >= 15 is 0 Å². The summed E-state index contributed by atoms with van der Waals surface area (Å²) in [4.78, 5) is 10.8. The summed E-state index contributed by atoms with van der Waals surface area (Å²) in [6.07, 6.45) is -0.128. The first-order valence-corrected chi connectivity index (χ1v) is 10.8.